The van der Waals surface area contributed by atoms with Crippen LogP contribution in [-0.2, 0) is 16.0 Å². The molecule has 0 spiro atoms. The van der Waals surface area contributed by atoms with Crippen LogP contribution in [0.2, 0.25) is 0 Å². The predicted molar refractivity (Wildman–Crippen MR) is 87.7 cm³/mol. The Labute approximate surface area is 135 Å². The molecule has 0 radical (unpaired) electrons. The zero-order valence-electron chi connectivity index (χ0n) is 12.9. The average molecular weight is 320 g/mol. The van der Waals surface area contributed by atoms with Crippen molar-refractivity contribution in [1.82, 2.24) is 10.2 Å². The summed E-state index contributed by atoms with van der Waals surface area (Å²) in [6, 6.07) is 4.33. The lowest BCUT2D eigenvalue weighted by atomic mass is 9.84. The van der Waals surface area contributed by atoms with Crippen LogP contribution in [-0.4, -0.2) is 35.8 Å². The zero-order chi connectivity index (χ0) is 15.4. The minimum atomic E-state index is 0.136. The Morgan fingerprint density at radius 2 is 2.00 bits per heavy atom. The van der Waals surface area contributed by atoms with Crippen LogP contribution in [0, 0.1) is 5.92 Å². The highest BCUT2D eigenvalue weighted by atomic mass is 32.1. The van der Waals surface area contributed by atoms with Crippen LogP contribution < -0.4 is 5.32 Å². The molecule has 0 unspecified atom stereocenters. The first-order chi connectivity index (χ1) is 10.7. The van der Waals surface area contributed by atoms with E-state index in [4.69, 9.17) is 0 Å². The summed E-state index contributed by atoms with van der Waals surface area (Å²) >= 11 is 1.70. The van der Waals surface area contributed by atoms with Crippen molar-refractivity contribution in [2.24, 2.45) is 5.92 Å². The van der Waals surface area contributed by atoms with Crippen LogP contribution in [0.5, 0.6) is 0 Å². The maximum Gasteiger partial charge on any atom is 0.225 e. The van der Waals surface area contributed by atoms with Gasteiger partial charge >= 0.3 is 0 Å². The van der Waals surface area contributed by atoms with Crippen molar-refractivity contribution in [2.45, 2.75) is 51.0 Å². The summed E-state index contributed by atoms with van der Waals surface area (Å²) in [7, 11) is 0. The second-order valence-electron chi connectivity index (χ2n) is 6.37. The van der Waals surface area contributed by atoms with E-state index in [1.807, 2.05) is 16.3 Å². The van der Waals surface area contributed by atoms with Crippen LogP contribution in [0.25, 0.3) is 0 Å². The molecule has 2 fully saturated rings. The van der Waals surface area contributed by atoms with E-state index in [0.717, 1.165) is 45.2 Å². The fourth-order valence-electron chi connectivity index (χ4n) is 3.15. The Bertz CT molecular complexity index is 503. The Kier molecular flexibility index (Phi) is 5.13. The summed E-state index contributed by atoms with van der Waals surface area (Å²) in [6.45, 7) is 1.59. The Balaban J connectivity index is 1.36. The highest BCUT2D eigenvalue weighted by molar-refractivity contribution is 7.09. The van der Waals surface area contributed by atoms with Crippen molar-refractivity contribution < 1.29 is 9.59 Å². The van der Waals surface area contributed by atoms with E-state index in [-0.39, 0.29) is 17.9 Å². The van der Waals surface area contributed by atoms with Gasteiger partial charge in [0.25, 0.3) is 0 Å². The molecule has 1 aromatic rings. The van der Waals surface area contributed by atoms with Crippen LogP contribution in [0.1, 0.15) is 43.4 Å². The summed E-state index contributed by atoms with van der Waals surface area (Å²) in [5.74, 6) is 0.767. The number of carbonyl (C=O) groups excluding carboxylic acids is 2. The van der Waals surface area contributed by atoms with Crippen LogP contribution in [0.4, 0.5) is 0 Å². The molecule has 3 rings (SSSR count). The van der Waals surface area contributed by atoms with E-state index in [9.17, 15) is 9.59 Å². The highest BCUT2D eigenvalue weighted by Gasteiger charge is 2.31. The highest BCUT2D eigenvalue weighted by Crippen LogP contribution is 2.29. The first kappa shape index (κ1) is 15.5. The minimum absolute atomic E-state index is 0.136. The quantitative estimate of drug-likeness (QED) is 0.906. The molecule has 2 amide bonds. The van der Waals surface area contributed by atoms with Gasteiger partial charge in [-0.05, 0) is 43.6 Å². The monoisotopic (exact) mass is 320 g/mol. The van der Waals surface area contributed by atoms with E-state index >= 15 is 0 Å². The fraction of sp³-hybridized carbons (Fsp3) is 0.647. The van der Waals surface area contributed by atoms with Crippen molar-refractivity contribution in [3.8, 4) is 0 Å². The van der Waals surface area contributed by atoms with Gasteiger partial charge in [-0.2, -0.15) is 0 Å². The summed E-state index contributed by atoms with van der Waals surface area (Å²) in [6.07, 6.45) is 6.50. The topological polar surface area (TPSA) is 49.4 Å². The van der Waals surface area contributed by atoms with Crippen molar-refractivity contribution >= 4 is 23.2 Å². The summed E-state index contributed by atoms with van der Waals surface area (Å²) in [5, 5.41) is 5.17. The van der Waals surface area contributed by atoms with Crippen molar-refractivity contribution in [3.63, 3.8) is 0 Å². The van der Waals surface area contributed by atoms with Gasteiger partial charge in [0.05, 0.1) is 0 Å². The van der Waals surface area contributed by atoms with Crippen LogP contribution in [0.15, 0.2) is 17.5 Å². The number of rotatable bonds is 5. The molecule has 1 aliphatic heterocycles. The largest absolute Gasteiger partial charge is 0.353 e. The molecule has 2 heterocycles. The number of thiophene rings is 1. The molecule has 120 valence electrons. The molecule has 1 saturated heterocycles. The lowest BCUT2D eigenvalue weighted by Crippen LogP contribution is -2.48. The number of nitrogens with zero attached hydrogens (tertiary/aromatic N) is 1. The zero-order valence-corrected chi connectivity index (χ0v) is 13.7. The fourth-order valence-corrected chi connectivity index (χ4v) is 3.86. The SMILES string of the molecule is O=C(CCc1cccs1)NC1CCN(C(=O)C2CCC2)CC1. The molecule has 1 aliphatic carbocycles. The number of piperidine rings is 1. The number of aryl methyl sites for hydroxylation is 1. The maximum absolute atomic E-state index is 12.2. The number of hydrogen-bond acceptors (Lipinski definition) is 3. The van der Waals surface area contributed by atoms with Crippen molar-refractivity contribution in [2.75, 3.05) is 13.1 Å². The number of carbonyl (C=O) groups is 2. The first-order valence-corrected chi connectivity index (χ1v) is 9.21. The number of amides is 2. The standard InChI is InChI=1S/C17H24N2O2S/c20-16(7-6-15-5-2-12-22-15)18-14-8-10-19(11-9-14)17(21)13-3-1-4-13/h2,5,12-14H,1,3-4,6-11H2,(H,18,20). The van der Waals surface area contributed by atoms with Crippen molar-refractivity contribution in [3.05, 3.63) is 22.4 Å². The third-order valence-electron chi connectivity index (χ3n) is 4.80. The van der Waals surface area contributed by atoms with Crippen LogP contribution >= 0.6 is 11.3 Å². The summed E-state index contributed by atoms with van der Waals surface area (Å²) < 4.78 is 0. The molecule has 0 bridgehead atoms. The van der Waals surface area contributed by atoms with Gasteiger partial charge in [-0.1, -0.05) is 12.5 Å². The van der Waals surface area contributed by atoms with Gasteiger partial charge in [-0.15, -0.1) is 11.3 Å². The summed E-state index contributed by atoms with van der Waals surface area (Å²) in [4.78, 5) is 27.4. The van der Waals surface area contributed by atoms with Gasteiger partial charge in [-0.3, -0.25) is 9.59 Å². The molecular weight excluding hydrogens is 296 g/mol. The van der Waals surface area contributed by atoms with Gasteiger partial charge < -0.3 is 10.2 Å². The average Bonchev–Trinajstić information content (AvgIpc) is 2.97. The van der Waals surface area contributed by atoms with Gasteiger partial charge in [0.15, 0.2) is 0 Å². The minimum Gasteiger partial charge on any atom is -0.353 e. The lowest BCUT2D eigenvalue weighted by molar-refractivity contribution is -0.139. The maximum atomic E-state index is 12.2. The van der Waals surface area contributed by atoms with Crippen LogP contribution in [0.3, 0.4) is 0 Å². The number of likely N-dealkylation sites (tertiary alicyclic amines) is 1. The third kappa shape index (κ3) is 3.88. The molecule has 1 saturated carbocycles. The van der Waals surface area contributed by atoms with Gasteiger partial charge in [0.1, 0.15) is 0 Å². The van der Waals surface area contributed by atoms with Gasteiger partial charge in [0, 0.05) is 36.3 Å². The summed E-state index contributed by atoms with van der Waals surface area (Å²) in [5.41, 5.74) is 0. The van der Waals surface area contributed by atoms with Gasteiger partial charge in [-0.25, -0.2) is 0 Å². The smallest absolute Gasteiger partial charge is 0.225 e. The van der Waals surface area contributed by atoms with E-state index in [0.29, 0.717) is 12.3 Å². The number of nitrogens with one attached hydrogen (secondary N) is 1. The second-order valence-corrected chi connectivity index (χ2v) is 7.41. The Morgan fingerprint density at radius 3 is 2.59 bits per heavy atom. The first-order valence-electron chi connectivity index (χ1n) is 8.33. The molecule has 1 aromatic heterocycles. The van der Waals surface area contributed by atoms with E-state index in [1.165, 1.54) is 11.3 Å². The molecule has 2 aliphatic rings. The van der Waals surface area contributed by atoms with E-state index in [2.05, 4.69) is 11.4 Å². The molecule has 0 aromatic carbocycles. The van der Waals surface area contributed by atoms with E-state index < -0.39 is 0 Å². The predicted octanol–water partition coefficient (Wildman–Crippen LogP) is 2.59. The Morgan fingerprint density at radius 1 is 1.23 bits per heavy atom. The molecule has 1 N–H and O–H groups in total. The molecule has 0 atom stereocenters. The normalized spacial score (nSPS) is 19.7. The van der Waals surface area contributed by atoms with Gasteiger partial charge in [0.2, 0.25) is 11.8 Å². The molecule has 22 heavy (non-hydrogen) atoms. The molecule has 4 nitrogen and oxygen atoms in total. The Hall–Kier alpha value is -1.36. The van der Waals surface area contributed by atoms with Crippen molar-refractivity contribution in [1.29, 1.82) is 0 Å². The number of hydrogen-bond donors (Lipinski definition) is 1. The molecular formula is C17H24N2O2S. The second kappa shape index (κ2) is 7.27. The third-order valence-corrected chi connectivity index (χ3v) is 5.74. The van der Waals surface area contributed by atoms with E-state index in [1.54, 1.807) is 11.3 Å². The molecule has 5 heteroatoms. The lowest BCUT2D eigenvalue weighted by Gasteiger charge is -2.36.